The van der Waals surface area contributed by atoms with Crippen LogP contribution >= 0.6 is 11.3 Å². The van der Waals surface area contributed by atoms with Gasteiger partial charge in [0.1, 0.15) is 0 Å². The van der Waals surface area contributed by atoms with Crippen LogP contribution in [0.2, 0.25) is 0 Å². The molecule has 2 aliphatic rings. The smallest absolute Gasteiger partial charge is 0.273 e. The summed E-state index contributed by atoms with van der Waals surface area (Å²) in [5, 5.41) is 3.80. The monoisotopic (exact) mass is 849 g/mol. The summed E-state index contributed by atoms with van der Waals surface area (Å²) >= 11 is 1.90. The van der Waals surface area contributed by atoms with Gasteiger partial charge in [-0.15, -0.1) is 11.3 Å². The fourth-order valence-corrected chi connectivity index (χ4v) is 11.9. The number of aromatic nitrogens is 1. The zero-order valence-corrected chi connectivity index (χ0v) is 37.4. The van der Waals surface area contributed by atoms with Crippen LogP contribution in [0.25, 0.3) is 59.0 Å². The number of anilines is 6. The molecule has 0 bridgehead atoms. The van der Waals surface area contributed by atoms with Crippen LogP contribution in [0.1, 0.15) is 26.3 Å². The third-order valence-corrected chi connectivity index (χ3v) is 14.9. The van der Waals surface area contributed by atoms with Crippen molar-refractivity contribution in [2.24, 2.45) is 0 Å². The first-order valence-electron chi connectivity index (χ1n) is 22.6. The van der Waals surface area contributed by atoms with Gasteiger partial charge in [0.05, 0.1) is 21.6 Å². The summed E-state index contributed by atoms with van der Waals surface area (Å²) < 4.78 is 5.14. The Morgan fingerprint density at radius 3 is 1.78 bits per heavy atom. The van der Waals surface area contributed by atoms with E-state index in [1.54, 1.807) is 0 Å². The molecule has 308 valence electrons. The zero-order valence-electron chi connectivity index (χ0n) is 36.5. The first-order chi connectivity index (χ1) is 31.9. The molecule has 5 heteroatoms. The van der Waals surface area contributed by atoms with E-state index in [2.05, 4.69) is 247 Å². The van der Waals surface area contributed by atoms with Crippen molar-refractivity contribution >= 4 is 99.8 Å². The number of para-hydroxylation sites is 2. The Balaban J connectivity index is 1.15. The molecule has 2 aliphatic heterocycles. The van der Waals surface area contributed by atoms with Gasteiger partial charge in [0.2, 0.25) is 0 Å². The van der Waals surface area contributed by atoms with E-state index in [-0.39, 0.29) is 12.1 Å². The minimum absolute atomic E-state index is 0.0208. The average Bonchev–Trinajstić information content (AvgIpc) is 3.90. The molecule has 0 aliphatic carbocycles. The molecule has 0 fully saturated rings. The first kappa shape index (κ1) is 37.9. The molecule has 0 saturated carbocycles. The van der Waals surface area contributed by atoms with E-state index in [0.717, 1.165) is 11.4 Å². The highest BCUT2D eigenvalue weighted by atomic mass is 32.1. The van der Waals surface area contributed by atoms with E-state index in [1.807, 2.05) is 11.3 Å². The van der Waals surface area contributed by atoms with E-state index in [4.69, 9.17) is 0 Å². The van der Waals surface area contributed by atoms with Crippen LogP contribution in [0.3, 0.4) is 0 Å². The number of benzene rings is 9. The summed E-state index contributed by atoms with van der Waals surface area (Å²) in [6, 6.07) is 79.0. The van der Waals surface area contributed by atoms with Gasteiger partial charge in [0.25, 0.3) is 6.71 Å². The maximum absolute atomic E-state index is 2.59. The Kier molecular flexibility index (Phi) is 8.44. The topological polar surface area (TPSA) is 11.4 Å². The van der Waals surface area contributed by atoms with Crippen molar-refractivity contribution in [2.75, 3.05) is 9.80 Å². The van der Waals surface area contributed by atoms with Gasteiger partial charge in [0.15, 0.2) is 0 Å². The van der Waals surface area contributed by atoms with Crippen molar-refractivity contribution in [1.82, 2.24) is 4.57 Å². The van der Waals surface area contributed by atoms with Crippen LogP contribution < -0.4 is 26.3 Å². The molecule has 4 heterocycles. The van der Waals surface area contributed by atoms with Gasteiger partial charge in [-0.3, -0.25) is 0 Å². The standard InChI is InChI=1S/C60H44BN3S/c1-60(2,3)43-31-33-45(34-32-43)62-52-27-17-28-53-56(52)61(59-57(62)48-36-41(39-18-7-4-8-19-39)30-35-50(48)63(59)44-22-11-6-12-23-44)49-25-14-15-26-51(49)64(53)54-38-42(40-20-9-5-10-21-40)37-47-46-24-13-16-29-55(46)65-58(47)54/h4-38H,1-3H3. The van der Waals surface area contributed by atoms with Crippen LogP contribution in [-0.2, 0) is 5.41 Å². The molecule has 0 spiro atoms. The molecule has 0 radical (unpaired) electrons. The second-order valence-corrected chi connectivity index (χ2v) is 19.6. The molecule has 13 rings (SSSR count). The molecule has 11 aromatic rings. The van der Waals surface area contributed by atoms with Gasteiger partial charge in [-0.2, -0.15) is 0 Å². The lowest BCUT2D eigenvalue weighted by Gasteiger charge is -2.43. The van der Waals surface area contributed by atoms with Crippen molar-refractivity contribution in [1.29, 1.82) is 0 Å². The van der Waals surface area contributed by atoms with E-state index >= 15 is 0 Å². The maximum Gasteiger partial charge on any atom is 0.273 e. The SMILES string of the molecule is CC(C)(C)c1ccc(N2c3cccc4c3B(c3ccccc3N4c3cc(-c4ccccc4)cc4c3sc3ccccc34)c3c2c2cc(-c4ccccc4)ccc2n3-c2ccccc2)cc1. The Hall–Kier alpha value is -7.60. The van der Waals surface area contributed by atoms with Crippen molar-refractivity contribution in [2.45, 2.75) is 26.2 Å². The van der Waals surface area contributed by atoms with E-state index in [9.17, 15) is 0 Å². The number of fused-ring (bicyclic) bond motifs is 9. The number of nitrogens with zero attached hydrogens (tertiary/aromatic N) is 3. The van der Waals surface area contributed by atoms with E-state index < -0.39 is 0 Å². The van der Waals surface area contributed by atoms with Gasteiger partial charge < -0.3 is 14.4 Å². The summed E-state index contributed by atoms with van der Waals surface area (Å²) in [5.74, 6) is 0. The van der Waals surface area contributed by atoms with Gasteiger partial charge in [0, 0.05) is 54.9 Å². The van der Waals surface area contributed by atoms with Crippen molar-refractivity contribution in [3.63, 3.8) is 0 Å². The third-order valence-electron chi connectivity index (χ3n) is 13.7. The van der Waals surface area contributed by atoms with Crippen molar-refractivity contribution < 1.29 is 0 Å². The minimum atomic E-state index is -0.0725. The lowest BCUT2D eigenvalue weighted by atomic mass is 9.35. The Bertz CT molecular complexity index is 3640. The van der Waals surface area contributed by atoms with Gasteiger partial charge in [-0.25, -0.2) is 0 Å². The Morgan fingerprint density at radius 1 is 0.431 bits per heavy atom. The van der Waals surface area contributed by atoms with Crippen LogP contribution in [0.4, 0.5) is 34.1 Å². The fourth-order valence-electron chi connectivity index (χ4n) is 10.7. The molecule has 65 heavy (non-hydrogen) atoms. The summed E-state index contributed by atoms with van der Waals surface area (Å²) in [5.41, 5.74) is 19.5. The second kappa shape index (κ2) is 14.5. The number of hydrogen-bond donors (Lipinski definition) is 0. The molecule has 9 aromatic carbocycles. The van der Waals surface area contributed by atoms with Gasteiger partial charge >= 0.3 is 0 Å². The van der Waals surface area contributed by atoms with Crippen LogP contribution in [0.15, 0.2) is 212 Å². The first-order valence-corrected chi connectivity index (χ1v) is 23.4. The van der Waals surface area contributed by atoms with Crippen LogP contribution in [0, 0.1) is 0 Å². The number of rotatable bonds is 5. The predicted molar refractivity (Wildman–Crippen MR) is 280 cm³/mol. The van der Waals surface area contributed by atoms with Crippen molar-refractivity contribution in [3.8, 4) is 27.9 Å². The van der Waals surface area contributed by atoms with Crippen LogP contribution in [-0.4, -0.2) is 11.3 Å². The van der Waals surface area contributed by atoms with E-state index in [1.165, 1.54) is 104 Å². The number of thiophene rings is 1. The predicted octanol–water partition coefficient (Wildman–Crippen LogP) is 14.7. The minimum Gasteiger partial charge on any atom is -0.319 e. The third kappa shape index (κ3) is 5.82. The van der Waals surface area contributed by atoms with Crippen LogP contribution in [0.5, 0.6) is 0 Å². The fraction of sp³-hybridized carbons (Fsp3) is 0.0667. The molecule has 0 atom stereocenters. The highest BCUT2D eigenvalue weighted by molar-refractivity contribution is 7.26. The largest absolute Gasteiger partial charge is 0.319 e. The molecule has 3 nitrogen and oxygen atoms in total. The summed E-state index contributed by atoms with van der Waals surface area (Å²) in [6.45, 7) is 6.81. The molecule has 0 unspecified atom stereocenters. The molecular weight excluding hydrogens is 806 g/mol. The quantitative estimate of drug-likeness (QED) is 0.160. The molecule has 0 N–H and O–H groups in total. The highest BCUT2D eigenvalue weighted by Crippen LogP contribution is 2.51. The molecule has 0 amide bonds. The summed E-state index contributed by atoms with van der Waals surface area (Å²) in [6.07, 6.45) is 0. The van der Waals surface area contributed by atoms with E-state index in [0.29, 0.717) is 0 Å². The highest BCUT2D eigenvalue weighted by Gasteiger charge is 2.46. The summed E-state index contributed by atoms with van der Waals surface area (Å²) in [4.78, 5) is 5.17. The maximum atomic E-state index is 2.59. The van der Waals surface area contributed by atoms with Gasteiger partial charge in [-0.1, -0.05) is 160 Å². The molecular formula is C60H44BN3S. The molecule has 0 saturated heterocycles. The van der Waals surface area contributed by atoms with Crippen molar-refractivity contribution in [3.05, 3.63) is 218 Å². The van der Waals surface area contributed by atoms with Gasteiger partial charge in [-0.05, 0) is 117 Å². The normalized spacial score (nSPS) is 13.1. The summed E-state index contributed by atoms with van der Waals surface area (Å²) in [7, 11) is 0. The number of hydrogen-bond acceptors (Lipinski definition) is 3. The second-order valence-electron chi connectivity index (χ2n) is 18.5. The lowest BCUT2D eigenvalue weighted by molar-refractivity contribution is 0.590. The Morgan fingerprint density at radius 2 is 1.05 bits per heavy atom. The lowest BCUT2D eigenvalue weighted by Crippen LogP contribution is -2.62. The molecule has 2 aromatic heterocycles. The average molecular weight is 850 g/mol. The Labute approximate surface area is 384 Å². The zero-order chi connectivity index (χ0) is 43.4.